The molecule has 17 heavy (non-hydrogen) atoms. The molecule has 0 aliphatic heterocycles. The second kappa shape index (κ2) is 4.17. The summed E-state index contributed by atoms with van der Waals surface area (Å²) in [5.41, 5.74) is 1.53. The van der Waals surface area contributed by atoms with Crippen LogP contribution in [0.4, 0.5) is 0 Å². The van der Waals surface area contributed by atoms with Gasteiger partial charge in [0.2, 0.25) is 0 Å². The van der Waals surface area contributed by atoms with Crippen molar-refractivity contribution in [3.05, 3.63) is 36.0 Å². The number of rotatable bonds is 3. The zero-order valence-corrected chi connectivity index (χ0v) is 10.9. The normalized spacial score (nSPS) is 14.2. The van der Waals surface area contributed by atoms with E-state index in [4.69, 9.17) is 0 Å². The molecule has 0 saturated heterocycles. The van der Waals surface area contributed by atoms with Gasteiger partial charge in [0, 0.05) is 24.1 Å². The highest BCUT2D eigenvalue weighted by Gasteiger charge is 2.29. The molecule has 0 radical (unpaired) electrons. The largest absolute Gasteiger partial charge is 0.388 e. The molecule has 2 N–H and O–H groups in total. The standard InChI is InChI=1S/C14H20N2O/c1-14(2,17)13(15-3)11-9-16(4)12-8-6-5-7-10(11)12/h5-9,13,15,17H,1-4H3. The summed E-state index contributed by atoms with van der Waals surface area (Å²) in [7, 11) is 3.91. The summed E-state index contributed by atoms with van der Waals surface area (Å²) >= 11 is 0. The topological polar surface area (TPSA) is 37.2 Å². The Morgan fingerprint density at radius 3 is 2.53 bits per heavy atom. The van der Waals surface area contributed by atoms with Gasteiger partial charge in [-0.2, -0.15) is 0 Å². The lowest BCUT2D eigenvalue weighted by Gasteiger charge is -2.28. The second-order valence-electron chi connectivity index (χ2n) is 5.09. The number of aromatic nitrogens is 1. The molecule has 2 aromatic rings. The first-order valence-electron chi connectivity index (χ1n) is 5.88. The van der Waals surface area contributed by atoms with Gasteiger partial charge in [-0.1, -0.05) is 18.2 Å². The first-order chi connectivity index (χ1) is 7.95. The molecule has 0 fully saturated rings. The van der Waals surface area contributed by atoms with Crippen molar-refractivity contribution in [1.82, 2.24) is 9.88 Å². The van der Waals surface area contributed by atoms with Gasteiger partial charge in [0.1, 0.15) is 0 Å². The number of aryl methyl sites for hydroxylation is 1. The van der Waals surface area contributed by atoms with E-state index >= 15 is 0 Å². The summed E-state index contributed by atoms with van der Waals surface area (Å²) in [4.78, 5) is 0. The molecule has 1 aromatic heterocycles. The van der Waals surface area contributed by atoms with Gasteiger partial charge in [-0.3, -0.25) is 0 Å². The second-order valence-corrected chi connectivity index (χ2v) is 5.09. The number of likely N-dealkylation sites (N-methyl/N-ethyl adjacent to an activating group) is 1. The number of benzene rings is 1. The molecule has 0 bridgehead atoms. The van der Waals surface area contributed by atoms with E-state index in [9.17, 15) is 5.11 Å². The molecule has 0 aliphatic rings. The molecule has 3 heteroatoms. The molecule has 2 rings (SSSR count). The smallest absolute Gasteiger partial charge is 0.0786 e. The quantitative estimate of drug-likeness (QED) is 0.851. The molecule has 1 aromatic carbocycles. The van der Waals surface area contributed by atoms with Crippen LogP contribution in [0.3, 0.4) is 0 Å². The van der Waals surface area contributed by atoms with Gasteiger partial charge < -0.3 is 15.0 Å². The van der Waals surface area contributed by atoms with Crippen molar-refractivity contribution in [3.63, 3.8) is 0 Å². The average Bonchev–Trinajstić information content (AvgIpc) is 2.56. The number of hydrogen-bond donors (Lipinski definition) is 2. The van der Waals surface area contributed by atoms with E-state index in [1.807, 2.05) is 40.1 Å². The van der Waals surface area contributed by atoms with Crippen LogP contribution < -0.4 is 5.32 Å². The molecule has 3 nitrogen and oxygen atoms in total. The van der Waals surface area contributed by atoms with E-state index in [-0.39, 0.29) is 6.04 Å². The fourth-order valence-corrected chi connectivity index (χ4v) is 2.49. The van der Waals surface area contributed by atoms with E-state index in [1.54, 1.807) is 0 Å². The fourth-order valence-electron chi connectivity index (χ4n) is 2.49. The Labute approximate surface area is 102 Å². The molecule has 0 amide bonds. The van der Waals surface area contributed by atoms with E-state index in [0.29, 0.717) is 0 Å². The Hall–Kier alpha value is -1.32. The molecule has 1 atom stereocenters. The van der Waals surface area contributed by atoms with Crippen LogP contribution in [0.1, 0.15) is 25.5 Å². The third kappa shape index (κ3) is 2.08. The van der Waals surface area contributed by atoms with Gasteiger partial charge in [0.25, 0.3) is 0 Å². The maximum Gasteiger partial charge on any atom is 0.0786 e. The molecule has 0 spiro atoms. The minimum atomic E-state index is -0.793. The first kappa shape index (κ1) is 12.1. The average molecular weight is 232 g/mol. The van der Waals surface area contributed by atoms with E-state index in [2.05, 4.69) is 28.2 Å². The van der Waals surface area contributed by atoms with Gasteiger partial charge in [0.05, 0.1) is 11.6 Å². The highest BCUT2D eigenvalue weighted by Crippen LogP contribution is 2.31. The van der Waals surface area contributed by atoms with Crippen LogP contribution in [0.25, 0.3) is 10.9 Å². The van der Waals surface area contributed by atoms with Crippen molar-refractivity contribution < 1.29 is 5.11 Å². The summed E-state index contributed by atoms with van der Waals surface area (Å²) in [5, 5.41) is 14.6. The highest BCUT2D eigenvalue weighted by atomic mass is 16.3. The maximum atomic E-state index is 10.2. The number of nitrogens with one attached hydrogen (secondary N) is 1. The van der Waals surface area contributed by atoms with Gasteiger partial charge in [0.15, 0.2) is 0 Å². The van der Waals surface area contributed by atoms with Crippen LogP contribution >= 0.6 is 0 Å². The Bertz CT molecular complexity index is 522. The van der Waals surface area contributed by atoms with E-state index in [1.165, 1.54) is 10.9 Å². The number of fused-ring (bicyclic) bond motifs is 1. The fraction of sp³-hybridized carbons (Fsp3) is 0.429. The van der Waals surface area contributed by atoms with Gasteiger partial charge >= 0.3 is 0 Å². The van der Waals surface area contributed by atoms with E-state index < -0.39 is 5.60 Å². The Morgan fingerprint density at radius 1 is 1.29 bits per heavy atom. The van der Waals surface area contributed by atoms with Crippen molar-refractivity contribution >= 4 is 10.9 Å². The summed E-state index contributed by atoms with van der Waals surface area (Å²) in [6.07, 6.45) is 2.09. The predicted octanol–water partition coefficient (Wildman–Crippen LogP) is 2.21. The Balaban J connectivity index is 2.62. The molecule has 0 aliphatic carbocycles. The lowest BCUT2D eigenvalue weighted by atomic mass is 9.92. The number of nitrogens with zero attached hydrogens (tertiary/aromatic N) is 1. The molecular weight excluding hydrogens is 212 g/mol. The third-order valence-electron chi connectivity index (χ3n) is 3.23. The van der Waals surface area contributed by atoms with Crippen molar-refractivity contribution in [3.8, 4) is 0 Å². The summed E-state index contributed by atoms with van der Waals surface area (Å²) in [6.45, 7) is 3.66. The van der Waals surface area contributed by atoms with Gasteiger partial charge in [-0.05, 0) is 32.5 Å². The number of aliphatic hydroxyl groups is 1. The monoisotopic (exact) mass is 232 g/mol. The SMILES string of the molecule is CNC(c1cn(C)c2ccccc12)C(C)(C)O. The van der Waals surface area contributed by atoms with Crippen molar-refractivity contribution in [2.45, 2.75) is 25.5 Å². The van der Waals surface area contributed by atoms with Gasteiger partial charge in [-0.15, -0.1) is 0 Å². The third-order valence-corrected chi connectivity index (χ3v) is 3.23. The van der Waals surface area contributed by atoms with Crippen molar-refractivity contribution in [2.75, 3.05) is 7.05 Å². The van der Waals surface area contributed by atoms with E-state index in [0.717, 1.165) is 5.56 Å². The van der Waals surface area contributed by atoms with Crippen LogP contribution in [-0.4, -0.2) is 22.3 Å². The molecular formula is C14H20N2O. The van der Waals surface area contributed by atoms with Gasteiger partial charge in [-0.25, -0.2) is 0 Å². The summed E-state index contributed by atoms with van der Waals surface area (Å²) in [5.74, 6) is 0. The Kier molecular flexibility index (Phi) is 2.98. The molecule has 0 saturated carbocycles. The molecule has 1 heterocycles. The number of para-hydroxylation sites is 1. The van der Waals surface area contributed by atoms with Crippen LogP contribution in [0.2, 0.25) is 0 Å². The zero-order chi connectivity index (χ0) is 12.6. The molecule has 1 unspecified atom stereocenters. The maximum absolute atomic E-state index is 10.2. The van der Waals surface area contributed by atoms with Crippen molar-refractivity contribution in [1.29, 1.82) is 0 Å². The number of hydrogen-bond acceptors (Lipinski definition) is 2. The minimum Gasteiger partial charge on any atom is -0.388 e. The lowest BCUT2D eigenvalue weighted by Crippen LogP contribution is -2.37. The minimum absolute atomic E-state index is 0.0754. The lowest BCUT2D eigenvalue weighted by molar-refractivity contribution is 0.0405. The highest BCUT2D eigenvalue weighted by molar-refractivity contribution is 5.84. The zero-order valence-electron chi connectivity index (χ0n) is 10.9. The molecule has 92 valence electrons. The predicted molar refractivity (Wildman–Crippen MR) is 71.0 cm³/mol. The van der Waals surface area contributed by atoms with Crippen LogP contribution in [-0.2, 0) is 7.05 Å². The summed E-state index contributed by atoms with van der Waals surface area (Å²) in [6, 6.07) is 8.18. The van der Waals surface area contributed by atoms with Crippen molar-refractivity contribution in [2.24, 2.45) is 7.05 Å². The van der Waals surface area contributed by atoms with Crippen LogP contribution in [0.15, 0.2) is 30.5 Å². The van der Waals surface area contributed by atoms with Crippen LogP contribution in [0, 0.1) is 0 Å². The summed E-state index contributed by atoms with van der Waals surface area (Å²) < 4.78 is 2.10. The Morgan fingerprint density at radius 2 is 1.94 bits per heavy atom. The first-order valence-corrected chi connectivity index (χ1v) is 5.88. The van der Waals surface area contributed by atoms with Crippen LogP contribution in [0.5, 0.6) is 0 Å².